The van der Waals surface area contributed by atoms with Gasteiger partial charge in [0, 0.05) is 11.5 Å². The summed E-state index contributed by atoms with van der Waals surface area (Å²) >= 11 is 15.0. The van der Waals surface area contributed by atoms with Gasteiger partial charge in [0.2, 0.25) is 10.0 Å². The van der Waals surface area contributed by atoms with Crippen molar-refractivity contribution in [1.82, 2.24) is 4.31 Å². The zero-order chi connectivity index (χ0) is 15.9. The molecule has 0 spiro atoms. The van der Waals surface area contributed by atoms with Crippen molar-refractivity contribution in [2.75, 3.05) is 7.05 Å². The summed E-state index contributed by atoms with van der Waals surface area (Å²) in [6.45, 7) is 2.54. The molecule has 1 rings (SSSR count). The van der Waals surface area contributed by atoms with Crippen LogP contribution >= 0.6 is 39.1 Å². The molecule has 0 atom stereocenters. The Bertz CT molecular complexity index is 637. The second-order valence-electron chi connectivity index (χ2n) is 4.54. The van der Waals surface area contributed by atoms with Crippen molar-refractivity contribution in [3.8, 4) is 0 Å². The van der Waals surface area contributed by atoms with Crippen molar-refractivity contribution in [3.05, 3.63) is 26.7 Å². The van der Waals surface area contributed by atoms with E-state index in [4.69, 9.17) is 28.3 Å². The Kier molecular flexibility index (Phi) is 5.14. The number of carboxylic acids is 1. The number of hydrogen-bond acceptors (Lipinski definition) is 3. The Balaban J connectivity index is 3.50. The summed E-state index contributed by atoms with van der Waals surface area (Å²) in [5.41, 5.74) is -1.64. The Morgan fingerprint density at radius 1 is 1.30 bits per heavy atom. The van der Waals surface area contributed by atoms with Crippen molar-refractivity contribution >= 4 is 55.1 Å². The van der Waals surface area contributed by atoms with Gasteiger partial charge < -0.3 is 5.11 Å². The lowest BCUT2D eigenvalue weighted by Crippen LogP contribution is -2.50. The van der Waals surface area contributed by atoms with Gasteiger partial charge in [-0.1, -0.05) is 39.1 Å². The van der Waals surface area contributed by atoms with E-state index in [9.17, 15) is 13.2 Å². The molecule has 0 fully saturated rings. The minimum absolute atomic E-state index is 0.0857. The van der Waals surface area contributed by atoms with Crippen LogP contribution in [0.1, 0.15) is 13.8 Å². The van der Waals surface area contributed by atoms with E-state index in [-0.39, 0.29) is 14.9 Å². The molecule has 1 aromatic rings. The van der Waals surface area contributed by atoms with Crippen LogP contribution in [0.4, 0.5) is 0 Å². The summed E-state index contributed by atoms with van der Waals surface area (Å²) in [5.74, 6) is -1.28. The lowest BCUT2D eigenvalue weighted by Gasteiger charge is -2.31. The van der Waals surface area contributed by atoms with Crippen molar-refractivity contribution in [3.63, 3.8) is 0 Å². The smallest absolute Gasteiger partial charge is 0.324 e. The Morgan fingerprint density at radius 2 is 1.70 bits per heavy atom. The second kappa shape index (κ2) is 5.81. The third-order valence-electron chi connectivity index (χ3n) is 2.89. The third-order valence-corrected chi connectivity index (χ3v) is 6.30. The van der Waals surface area contributed by atoms with Crippen LogP contribution in [0.3, 0.4) is 0 Å². The summed E-state index contributed by atoms with van der Waals surface area (Å²) in [6.07, 6.45) is 0. The maximum Gasteiger partial charge on any atom is 0.324 e. The van der Waals surface area contributed by atoms with Gasteiger partial charge in [-0.25, -0.2) is 8.42 Å². The molecule has 0 unspecified atom stereocenters. The van der Waals surface area contributed by atoms with Gasteiger partial charge in [-0.3, -0.25) is 4.79 Å². The predicted octanol–water partition coefficient (Wildman–Crippen LogP) is 3.24. The Morgan fingerprint density at radius 3 is 2.05 bits per heavy atom. The molecule has 0 bridgehead atoms. The van der Waals surface area contributed by atoms with Crippen molar-refractivity contribution < 1.29 is 18.3 Å². The molecular formula is C11H12BrCl2NO4S. The van der Waals surface area contributed by atoms with Crippen molar-refractivity contribution in [2.24, 2.45) is 0 Å². The maximum atomic E-state index is 12.5. The van der Waals surface area contributed by atoms with Crippen LogP contribution in [0.2, 0.25) is 10.0 Å². The number of rotatable bonds is 4. The first kappa shape index (κ1) is 17.7. The number of likely N-dealkylation sites (N-methyl/N-ethyl adjacent to an activating group) is 1. The molecule has 5 nitrogen and oxygen atoms in total. The molecule has 0 radical (unpaired) electrons. The number of benzene rings is 1. The van der Waals surface area contributed by atoms with E-state index in [0.717, 1.165) is 11.4 Å². The highest BCUT2D eigenvalue weighted by molar-refractivity contribution is 9.10. The second-order valence-corrected chi connectivity index (χ2v) is 8.17. The highest BCUT2D eigenvalue weighted by atomic mass is 79.9. The van der Waals surface area contributed by atoms with Gasteiger partial charge in [-0.15, -0.1) is 0 Å². The Labute approximate surface area is 135 Å². The van der Waals surface area contributed by atoms with E-state index >= 15 is 0 Å². The highest BCUT2D eigenvalue weighted by Gasteiger charge is 2.41. The molecule has 1 N–H and O–H groups in total. The molecule has 0 aliphatic rings. The number of sulfonamides is 1. The first-order chi connectivity index (χ1) is 8.92. The fourth-order valence-electron chi connectivity index (χ4n) is 1.35. The lowest BCUT2D eigenvalue weighted by atomic mass is 10.1. The number of carboxylic acid groups (broad SMARTS) is 1. The van der Waals surface area contributed by atoms with Crippen LogP contribution in [0.15, 0.2) is 21.5 Å². The monoisotopic (exact) mass is 403 g/mol. The molecule has 0 aliphatic heterocycles. The highest BCUT2D eigenvalue weighted by Crippen LogP contribution is 2.36. The number of nitrogens with zero attached hydrogens (tertiary/aromatic N) is 1. The van der Waals surface area contributed by atoms with Crippen LogP contribution in [0.25, 0.3) is 0 Å². The molecular weight excluding hydrogens is 393 g/mol. The standard InChI is InChI=1S/C11H12BrCl2NO4S/c1-11(2,10(16)17)15(3)20(18,19)9-7(13)4-6(12)5-8(9)14/h4-5H,1-3H3,(H,16,17). The van der Waals surface area contributed by atoms with Crippen LogP contribution < -0.4 is 0 Å². The number of halogens is 3. The number of aliphatic carboxylic acids is 1. The SMILES string of the molecule is CN(C(C)(C)C(=O)O)S(=O)(=O)c1c(Cl)cc(Br)cc1Cl. The van der Waals surface area contributed by atoms with E-state index in [0.29, 0.717) is 4.47 Å². The van der Waals surface area contributed by atoms with Crippen LogP contribution in [0, 0.1) is 0 Å². The molecule has 0 saturated heterocycles. The van der Waals surface area contributed by atoms with Crippen LogP contribution in [0.5, 0.6) is 0 Å². The summed E-state index contributed by atoms with van der Waals surface area (Å²) in [4.78, 5) is 10.9. The minimum atomic E-state index is -4.15. The third kappa shape index (κ3) is 3.12. The van der Waals surface area contributed by atoms with Crippen LogP contribution in [-0.4, -0.2) is 36.4 Å². The quantitative estimate of drug-likeness (QED) is 0.835. The lowest BCUT2D eigenvalue weighted by molar-refractivity contribution is -0.145. The fourth-order valence-corrected chi connectivity index (χ4v) is 4.70. The molecule has 9 heteroatoms. The molecule has 0 aliphatic carbocycles. The molecule has 20 heavy (non-hydrogen) atoms. The molecule has 1 aromatic carbocycles. The normalized spacial score (nSPS) is 12.8. The molecule has 112 valence electrons. The topological polar surface area (TPSA) is 74.7 Å². The zero-order valence-electron chi connectivity index (χ0n) is 10.8. The summed E-state index contributed by atoms with van der Waals surface area (Å²) in [5, 5.41) is 8.95. The molecule has 0 aromatic heterocycles. The fraction of sp³-hybridized carbons (Fsp3) is 0.364. The van der Waals surface area contributed by atoms with E-state index in [1.54, 1.807) is 0 Å². The van der Waals surface area contributed by atoms with Gasteiger partial charge in [0.25, 0.3) is 0 Å². The molecule has 0 heterocycles. The average Bonchev–Trinajstić information content (AvgIpc) is 2.25. The maximum absolute atomic E-state index is 12.5. The van der Waals surface area contributed by atoms with Gasteiger partial charge in [0.15, 0.2) is 0 Å². The van der Waals surface area contributed by atoms with Crippen molar-refractivity contribution in [1.29, 1.82) is 0 Å². The van der Waals surface area contributed by atoms with Gasteiger partial charge in [0.05, 0.1) is 10.0 Å². The largest absolute Gasteiger partial charge is 0.480 e. The van der Waals surface area contributed by atoms with E-state index < -0.39 is 21.5 Å². The average molecular weight is 405 g/mol. The van der Waals surface area contributed by atoms with E-state index in [1.165, 1.54) is 26.0 Å². The summed E-state index contributed by atoms with van der Waals surface area (Å²) < 4.78 is 26.3. The van der Waals surface area contributed by atoms with Gasteiger partial charge in [-0.2, -0.15) is 4.31 Å². The number of hydrogen-bond donors (Lipinski definition) is 1. The summed E-state index contributed by atoms with van der Waals surface area (Å²) in [7, 11) is -2.99. The Hall–Kier alpha value is -0.340. The van der Waals surface area contributed by atoms with E-state index in [2.05, 4.69) is 15.9 Å². The minimum Gasteiger partial charge on any atom is -0.480 e. The summed E-state index contributed by atoms with van der Waals surface area (Å²) in [6, 6.07) is 2.75. The first-order valence-electron chi connectivity index (χ1n) is 5.29. The van der Waals surface area contributed by atoms with Crippen LogP contribution in [-0.2, 0) is 14.8 Å². The number of carbonyl (C=O) groups is 1. The first-order valence-corrected chi connectivity index (χ1v) is 8.28. The van der Waals surface area contributed by atoms with Crippen molar-refractivity contribution in [2.45, 2.75) is 24.3 Å². The van der Waals surface area contributed by atoms with Gasteiger partial charge in [0.1, 0.15) is 10.4 Å². The van der Waals surface area contributed by atoms with Gasteiger partial charge >= 0.3 is 5.97 Å². The zero-order valence-corrected chi connectivity index (χ0v) is 14.7. The van der Waals surface area contributed by atoms with Gasteiger partial charge in [-0.05, 0) is 26.0 Å². The predicted molar refractivity (Wildman–Crippen MR) is 80.8 cm³/mol. The molecule has 0 amide bonds. The molecule has 0 saturated carbocycles. The van der Waals surface area contributed by atoms with E-state index in [1.807, 2.05) is 0 Å².